The van der Waals surface area contributed by atoms with Gasteiger partial charge in [0.15, 0.2) is 0 Å². The first kappa shape index (κ1) is 13.2. The fourth-order valence-electron chi connectivity index (χ4n) is 1.46. The number of benzene rings is 1. The van der Waals surface area contributed by atoms with Crippen molar-refractivity contribution in [2.24, 2.45) is 0 Å². The van der Waals surface area contributed by atoms with E-state index in [2.05, 4.69) is 5.32 Å². The largest absolute Gasteiger partial charge is 0.480 e. The van der Waals surface area contributed by atoms with Crippen LogP contribution in [-0.2, 0) is 22.6 Å². The second kappa shape index (κ2) is 6.00. The van der Waals surface area contributed by atoms with Crippen LogP contribution in [0, 0.1) is 0 Å². The zero-order valence-electron chi connectivity index (χ0n) is 9.51. The highest BCUT2D eigenvalue weighted by Gasteiger charge is 2.18. The molecule has 1 aromatic carbocycles. The number of hydrogen-bond acceptors (Lipinski definition) is 3. The zero-order chi connectivity index (χ0) is 12.8. The summed E-state index contributed by atoms with van der Waals surface area (Å²) in [5.41, 5.74) is 1.56. The summed E-state index contributed by atoms with van der Waals surface area (Å²) in [5, 5.41) is 20.2. The molecule has 5 heteroatoms. The lowest BCUT2D eigenvalue weighted by Gasteiger charge is -2.13. The SMILES string of the molecule is CC(=O)N[C@H](Cc1ccc(CO)cc1)C(=O)O. The quantitative estimate of drug-likeness (QED) is 0.688. The Morgan fingerprint density at radius 1 is 1.24 bits per heavy atom. The third-order valence-electron chi connectivity index (χ3n) is 2.32. The van der Waals surface area contributed by atoms with Crippen LogP contribution in [0.5, 0.6) is 0 Å². The predicted molar refractivity (Wildman–Crippen MR) is 61.3 cm³/mol. The molecule has 0 saturated carbocycles. The van der Waals surface area contributed by atoms with Crippen LogP contribution in [0.25, 0.3) is 0 Å². The van der Waals surface area contributed by atoms with Gasteiger partial charge in [0.2, 0.25) is 5.91 Å². The summed E-state index contributed by atoms with van der Waals surface area (Å²) in [5.74, 6) is -1.43. The molecule has 1 atom stereocenters. The van der Waals surface area contributed by atoms with Crippen molar-refractivity contribution in [3.63, 3.8) is 0 Å². The monoisotopic (exact) mass is 237 g/mol. The van der Waals surface area contributed by atoms with Crippen LogP contribution in [-0.4, -0.2) is 28.1 Å². The van der Waals surface area contributed by atoms with Gasteiger partial charge in [-0.25, -0.2) is 4.79 Å². The van der Waals surface area contributed by atoms with Gasteiger partial charge < -0.3 is 15.5 Å². The van der Waals surface area contributed by atoms with Crippen LogP contribution in [0.2, 0.25) is 0 Å². The van der Waals surface area contributed by atoms with Gasteiger partial charge in [-0.3, -0.25) is 4.79 Å². The lowest BCUT2D eigenvalue weighted by Crippen LogP contribution is -2.41. The molecule has 0 aliphatic heterocycles. The van der Waals surface area contributed by atoms with Crippen LogP contribution in [0.3, 0.4) is 0 Å². The maximum atomic E-state index is 10.9. The fourth-order valence-corrected chi connectivity index (χ4v) is 1.46. The molecule has 17 heavy (non-hydrogen) atoms. The first-order valence-corrected chi connectivity index (χ1v) is 5.21. The Hall–Kier alpha value is -1.88. The number of amides is 1. The molecule has 0 heterocycles. The van der Waals surface area contributed by atoms with Crippen LogP contribution >= 0.6 is 0 Å². The van der Waals surface area contributed by atoms with E-state index in [1.54, 1.807) is 24.3 Å². The molecular weight excluding hydrogens is 222 g/mol. The average Bonchev–Trinajstić information content (AvgIpc) is 2.28. The lowest BCUT2D eigenvalue weighted by molar-refractivity contribution is -0.141. The predicted octanol–water partition coefficient (Wildman–Crippen LogP) is 0.311. The van der Waals surface area contributed by atoms with Crippen molar-refractivity contribution in [2.45, 2.75) is 26.0 Å². The van der Waals surface area contributed by atoms with E-state index in [1.807, 2.05) is 0 Å². The Morgan fingerprint density at radius 2 is 1.76 bits per heavy atom. The van der Waals surface area contributed by atoms with Crippen molar-refractivity contribution in [2.75, 3.05) is 0 Å². The molecule has 1 rings (SSSR count). The summed E-state index contributed by atoms with van der Waals surface area (Å²) >= 11 is 0. The Balaban J connectivity index is 2.71. The summed E-state index contributed by atoms with van der Waals surface area (Å²) in [7, 11) is 0. The van der Waals surface area contributed by atoms with Crippen LogP contribution in [0.1, 0.15) is 18.1 Å². The molecule has 1 aromatic rings. The van der Waals surface area contributed by atoms with E-state index in [-0.39, 0.29) is 18.9 Å². The number of nitrogens with one attached hydrogen (secondary N) is 1. The minimum atomic E-state index is -1.06. The Kier molecular flexibility index (Phi) is 4.66. The molecule has 0 radical (unpaired) electrons. The highest BCUT2D eigenvalue weighted by molar-refractivity contribution is 5.82. The molecule has 0 fully saturated rings. The second-order valence-corrected chi connectivity index (χ2v) is 3.77. The van der Waals surface area contributed by atoms with Crippen molar-refractivity contribution in [1.82, 2.24) is 5.32 Å². The van der Waals surface area contributed by atoms with Gasteiger partial charge in [-0.2, -0.15) is 0 Å². The molecule has 0 aliphatic carbocycles. The minimum Gasteiger partial charge on any atom is -0.480 e. The number of carboxylic acid groups (broad SMARTS) is 1. The molecule has 0 aliphatic rings. The Bertz CT molecular complexity index is 399. The lowest BCUT2D eigenvalue weighted by atomic mass is 10.0. The van der Waals surface area contributed by atoms with Gasteiger partial charge in [-0.05, 0) is 11.1 Å². The third-order valence-corrected chi connectivity index (χ3v) is 2.32. The zero-order valence-corrected chi connectivity index (χ0v) is 9.51. The van der Waals surface area contributed by atoms with Gasteiger partial charge in [0.05, 0.1) is 6.61 Å². The standard InChI is InChI=1S/C12H15NO4/c1-8(15)13-11(12(16)17)6-9-2-4-10(7-14)5-3-9/h2-5,11,14H,6-7H2,1H3,(H,13,15)(H,16,17)/t11-/m1/s1. The summed E-state index contributed by atoms with van der Waals surface area (Å²) in [6.07, 6.45) is 0.223. The average molecular weight is 237 g/mol. The van der Waals surface area contributed by atoms with E-state index in [1.165, 1.54) is 6.92 Å². The molecule has 0 aromatic heterocycles. The second-order valence-electron chi connectivity index (χ2n) is 3.77. The van der Waals surface area contributed by atoms with E-state index in [9.17, 15) is 9.59 Å². The molecule has 0 spiro atoms. The number of aliphatic hydroxyl groups is 1. The molecule has 5 nitrogen and oxygen atoms in total. The van der Waals surface area contributed by atoms with Gasteiger partial charge in [0.1, 0.15) is 6.04 Å². The summed E-state index contributed by atoms with van der Waals surface area (Å²) < 4.78 is 0. The van der Waals surface area contributed by atoms with E-state index >= 15 is 0 Å². The molecule has 0 unspecified atom stereocenters. The van der Waals surface area contributed by atoms with Gasteiger partial charge >= 0.3 is 5.97 Å². The third kappa shape index (κ3) is 4.24. The van der Waals surface area contributed by atoms with E-state index in [0.29, 0.717) is 0 Å². The number of carbonyl (C=O) groups excluding carboxylic acids is 1. The maximum absolute atomic E-state index is 10.9. The highest BCUT2D eigenvalue weighted by atomic mass is 16.4. The topological polar surface area (TPSA) is 86.6 Å². The molecular formula is C12H15NO4. The van der Waals surface area contributed by atoms with Crippen molar-refractivity contribution in [3.8, 4) is 0 Å². The summed E-state index contributed by atoms with van der Waals surface area (Å²) in [4.78, 5) is 21.7. The van der Waals surface area contributed by atoms with E-state index in [0.717, 1.165) is 11.1 Å². The van der Waals surface area contributed by atoms with Crippen LogP contribution in [0.15, 0.2) is 24.3 Å². The van der Waals surface area contributed by atoms with Gasteiger partial charge in [0.25, 0.3) is 0 Å². The number of carbonyl (C=O) groups is 2. The summed E-state index contributed by atoms with van der Waals surface area (Å²) in [6, 6.07) is 6.00. The van der Waals surface area contributed by atoms with Gasteiger partial charge in [-0.1, -0.05) is 24.3 Å². The van der Waals surface area contributed by atoms with Gasteiger partial charge in [-0.15, -0.1) is 0 Å². The molecule has 1 amide bonds. The fraction of sp³-hybridized carbons (Fsp3) is 0.333. The van der Waals surface area contributed by atoms with Crippen molar-refractivity contribution in [1.29, 1.82) is 0 Å². The van der Waals surface area contributed by atoms with Crippen molar-refractivity contribution in [3.05, 3.63) is 35.4 Å². The first-order valence-electron chi connectivity index (χ1n) is 5.21. The molecule has 92 valence electrons. The smallest absolute Gasteiger partial charge is 0.326 e. The number of rotatable bonds is 5. The van der Waals surface area contributed by atoms with Crippen LogP contribution in [0.4, 0.5) is 0 Å². The van der Waals surface area contributed by atoms with Crippen molar-refractivity contribution >= 4 is 11.9 Å². The van der Waals surface area contributed by atoms with Crippen molar-refractivity contribution < 1.29 is 19.8 Å². The highest BCUT2D eigenvalue weighted by Crippen LogP contribution is 2.07. The number of aliphatic hydroxyl groups excluding tert-OH is 1. The van der Waals surface area contributed by atoms with Crippen LogP contribution < -0.4 is 5.32 Å². The number of carboxylic acids is 1. The number of hydrogen-bond donors (Lipinski definition) is 3. The van der Waals surface area contributed by atoms with Gasteiger partial charge in [0, 0.05) is 13.3 Å². The Morgan fingerprint density at radius 3 is 2.18 bits per heavy atom. The molecule has 0 bridgehead atoms. The minimum absolute atomic E-state index is 0.0473. The van der Waals surface area contributed by atoms with E-state index < -0.39 is 12.0 Å². The normalized spacial score (nSPS) is 11.9. The first-order chi connectivity index (χ1) is 8.02. The molecule has 0 saturated heterocycles. The number of aliphatic carboxylic acids is 1. The summed E-state index contributed by atoms with van der Waals surface area (Å²) in [6.45, 7) is 1.24. The maximum Gasteiger partial charge on any atom is 0.326 e. The molecule has 3 N–H and O–H groups in total. The Labute approximate surface area is 99.1 Å². The van der Waals surface area contributed by atoms with E-state index in [4.69, 9.17) is 10.2 Å².